The van der Waals surface area contributed by atoms with Crippen LogP contribution in [0.25, 0.3) is 0 Å². The van der Waals surface area contributed by atoms with Crippen LogP contribution in [0.5, 0.6) is 5.75 Å². The van der Waals surface area contributed by atoms with Gasteiger partial charge in [0.15, 0.2) is 0 Å². The first-order valence-electron chi connectivity index (χ1n) is 8.66. The first kappa shape index (κ1) is 18.5. The maximum atomic E-state index is 10.5. The van der Waals surface area contributed by atoms with E-state index in [2.05, 4.69) is 6.92 Å². The smallest absolute Gasteiger partial charge is 0.303 e. The largest absolute Gasteiger partial charge is 0.494 e. The lowest BCUT2D eigenvalue weighted by molar-refractivity contribution is -0.136. The molecule has 0 unspecified atom stereocenters. The molecule has 3 nitrogen and oxygen atoms in total. The molecule has 0 aliphatic heterocycles. The molecule has 0 heterocycles. The van der Waals surface area contributed by atoms with Crippen molar-refractivity contribution >= 4 is 5.97 Å². The predicted molar refractivity (Wildman–Crippen MR) is 90.5 cm³/mol. The third kappa shape index (κ3) is 9.43. The fraction of sp³-hybridized carbons (Fsp3) is 0.632. The lowest BCUT2D eigenvalue weighted by atomic mass is 10.1. The number of carboxylic acids is 1. The van der Waals surface area contributed by atoms with Crippen molar-refractivity contribution in [2.24, 2.45) is 0 Å². The van der Waals surface area contributed by atoms with Crippen LogP contribution in [0, 0.1) is 0 Å². The molecular formula is C19H30O3. The molecular weight excluding hydrogens is 276 g/mol. The van der Waals surface area contributed by atoms with Crippen molar-refractivity contribution in [2.75, 3.05) is 6.61 Å². The minimum Gasteiger partial charge on any atom is -0.494 e. The van der Waals surface area contributed by atoms with E-state index in [0.29, 0.717) is 6.42 Å². The van der Waals surface area contributed by atoms with Gasteiger partial charge >= 0.3 is 5.97 Å². The van der Waals surface area contributed by atoms with Crippen LogP contribution in [0.15, 0.2) is 24.3 Å². The first-order chi connectivity index (χ1) is 10.7. The Labute approximate surface area is 134 Å². The van der Waals surface area contributed by atoms with Crippen molar-refractivity contribution in [3.63, 3.8) is 0 Å². The SMILES string of the molecule is CCCCCCCCCCOc1ccc(CCC(=O)O)cc1. The van der Waals surface area contributed by atoms with Gasteiger partial charge in [-0.1, -0.05) is 64.0 Å². The Hall–Kier alpha value is -1.51. The number of aliphatic carboxylic acids is 1. The van der Waals surface area contributed by atoms with Crippen LogP contribution >= 0.6 is 0 Å². The zero-order valence-corrected chi connectivity index (χ0v) is 13.9. The van der Waals surface area contributed by atoms with E-state index < -0.39 is 5.97 Å². The van der Waals surface area contributed by atoms with E-state index >= 15 is 0 Å². The molecule has 0 spiro atoms. The van der Waals surface area contributed by atoms with Gasteiger partial charge < -0.3 is 9.84 Å². The van der Waals surface area contributed by atoms with Crippen molar-refractivity contribution in [1.29, 1.82) is 0 Å². The van der Waals surface area contributed by atoms with Crippen molar-refractivity contribution in [3.8, 4) is 5.75 Å². The molecule has 0 saturated carbocycles. The third-order valence-electron chi connectivity index (χ3n) is 3.82. The number of unbranched alkanes of at least 4 members (excludes halogenated alkanes) is 7. The lowest BCUT2D eigenvalue weighted by Crippen LogP contribution is -1.99. The van der Waals surface area contributed by atoms with Gasteiger partial charge in [-0.2, -0.15) is 0 Å². The second-order valence-corrected chi connectivity index (χ2v) is 5.86. The van der Waals surface area contributed by atoms with E-state index in [0.717, 1.165) is 24.3 Å². The Kier molecular flexibility index (Phi) is 10.2. The van der Waals surface area contributed by atoms with Crippen molar-refractivity contribution in [2.45, 2.75) is 71.1 Å². The van der Waals surface area contributed by atoms with Gasteiger partial charge in [0.1, 0.15) is 5.75 Å². The summed E-state index contributed by atoms with van der Waals surface area (Å²) in [6.07, 6.45) is 11.2. The Balaban J connectivity index is 2.04. The Morgan fingerprint density at radius 3 is 2.14 bits per heavy atom. The van der Waals surface area contributed by atoms with Gasteiger partial charge in [-0.25, -0.2) is 0 Å². The van der Waals surface area contributed by atoms with E-state index in [-0.39, 0.29) is 6.42 Å². The number of benzene rings is 1. The average molecular weight is 306 g/mol. The first-order valence-corrected chi connectivity index (χ1v) is 8.66. The number of carbonyl (C=O) groups is 1. The van der Waals surface area contributed by atoms with Gasteiger partial charge in [0.2, 0.25) is 0 Å². The van der Waals surface area contributed by atoms with Gasteiger partial charge in [-0.3, -0.25) is 4.79 Å². The minimum absolute atomic E-state index is 0.179. The molecule has 1 rings (SSSR count). The maximum Gasteiger partial charge on any atom is 0.303 e. The monoisotopic (exact) mass is 306 g/mol. The molecule has 0 bridgehead atoms. The normalized spacial score (nSPS) is 10.6. The highest BCUT2D eigenvalue weighted by Crippen LogP contribution is 2.14. The summed E-state index contributed by atoms with van der Waals surface area (Å²) in [4.78, 5) is 10.5. The van der Waals surface area contributed by atoms with Gasteiger partial charge in [0, 0.05) is 6.42 Å². The number of ether oxygens (including phenoxy) is 1. The molecule has 3 heteroatoms. The quantitative estimate of drug-likeness (QED) is 0.508. The van der Waals surface area contributed by atoms with Crippen molar-refractivity contribution in [3.05, 3.63) is 29.8 Å². The van der Waals surface area contributed by atoms with Gasteiger partial charge in [0.25, 0.3) is 0 Å². The summed E-state index contributed by atoms with van der Waals surface area (Å²) < 4.78 is 5.72. The highest BCUT2D eigenvalue weighted by molar-refractivity contribution is 5.67. The van der Waals surface area contributed by atoms with E-state index in [1.54, 1.807) is 0 Å². The maximum absolute atomic E-state index is 10.5. The van der Waals surface area contributed by atoms with Gasteiger partial charge in [-0.15, -0.1) is 0 Å². The molecule has 0 aromatic heterocycles. The Morgan fingerprint density at radius 1 is 0.955 bits per heavy atom. The zero-order chi connectivity index (χ0) is 16.0. The summed E-state index contributed by atoms with van der Waals surface area (Å²) in [6, 6.07) is 7.77. The second kappa shape index (κ2) is 12.1. The van der Waals surface area contributed by atoms with Crippen LogP contribution in [-0.2, 0) is 11.2 Å². The number of rotatable bonds is 13. The molecule has 0 saturated heterocycles. The zero-order valence-electron chi connectivity index (χ0n) is 13.9. The van der Waals surface area contributed by atoms with Crippen LogP contribution in [0.1, 0.15) is 70.3 Å². The number of hydrogen-bond donors (Lipinski definition) is 1. The molecule has 0 radical (unpaired) electrons. The molecule has 0 atom stereocenters. The lowest BCUT2D eigenvalue weighted by Gasteiger charge is -2.07. The van der Waals surface area contributed by atoms with E-state index in [9.17, 15) is 4.79 Å². The fourth-order valence-corrected chi connectivity index (χ4v) is 2.43. The second-order valence-electron chi connectivity index (χ2n) is 5.86. The summed E-state index contributed by atoms with van der Waals surface area (Å²) in [5.74, 6) is 0.122. The van der Waals surface area contributed by atoms with Crippen LogP contribution in [-0.4, -0.2) is 17.7 Å². The molecule has 1 N–H and O–H groups in total. The summed E-state index contributed by atoms with van der Waals surface area (Å²) >= 11 is 0. The number of hydrogen-bond acceptors (Lipinski definition) is 2. The summed E-state index contributed by atoms with van der Waals surface area (Å²) in [6.45, 7) is 3.01. The molecule has 0 amide bonds. The van der Waals surface area contributed by atoms with Gasteiger partial charge in [0.05, 0.1) is 6.61 Å². The molecule has 124 valence electrons. The van der Waals surface area contributed by atoms with Crippen molar-refractivity contribution < 1.29 is 14.6 Å². The van der Waals surface area contributed by atoms with Crippen LogP contribution in [0.2, 0.25) is 0 Å². The molecule has 1 aromatic carbocycles. The highest BCUT2D eigenvalue weighted by Gasteiger charge is 2.00. The summed E-state index contributed by atoms with van der Waals surface area (Å²) in [5.41, 5.74) is 1.04. The number of aryl methyl sites for hydroxylation is 1. The third-order valence-corrected chi connectivity index (χ3v) is 3.82. The van der Waals surface area contributed by atoms with E-state index in [4.69, 9.17) is 9.84 Å². The Morgan fingerprint density at radius 2 is 1.55 bits per heavy atom. The van der Waals surface area contributed by atoms with Crippen LogP contribution in [0.4, 0.5) is 0 Å². The van der Waals surface area contributed by atoms with Crippen molar-refractivity contribution in [1.82, 2.24) is 0 Å². The van der Waals surface area contributed by atoms with Gasteiger partial charge in [-0.05, 0) is 30.5 Å². The predicted octanol–water partition coefficient (Wildman–Crippen LogP) is 5.22. The molecule has 22 heavy (non-hydrogen) atoms. The Bertz CT molecular complexity index is 398. The summed E-state index contributed by atoms with van der Waals surface area (Å²) in [5, 5.41) is 8.65. The average Bonchev–Trinajstić information content (AvgIpc) is 2.52. The molecule has 0 fully saturated rings. The van der Waals surface area contributed by atoms with Crippen LogP contribution in [0.3, 0.4) is 0 Å². The molecule has 0 aliphatic rings. The number of carboxylic acid groups (broad SMARTS) is 1. The standard InChI is InChI=1S/C19H30O3/c1-2-3-4-5-6-7-8-9-16-22-18-13-10-17(11-14-18)12-15-19(20)21/h10-11,13-14H,2-9,12,15-16H2,1H3,(H,20,21). The molecule has 1 aromatic rings. The van der Waals surface area contributed by atoms with E-state index in [1.165, 1.54) is 44.9 Å². The highest BCUT2D eigenvalue weighted by atomic mass is 16.5. The van der Waals surface area contributed by atoms with E-state index in [1.807, 2.05) is 24.3 Å². The molecule has 0 aliphatic carbocycles. The minimum atomic E-state index is -0.755. The topological polar surface area (TPSA) is 46.5 Å². The summed E-state index contributed by atoms with van der Waals surface area (Å²) in [7, 11) is 0. The fourth-order valence-electron chi connectivity index (χ4n) is 2.43. The van der Waals surface area contributed by atoms with Crippen LogP contribution < -0.4 is 4.74 Å².